The van der Waals surface area contributed by atoms with Crippen molar-refractivity contribution in [3.8, 4) is 0 Å². The second-order valence-electron chi connectivity index (χ2n) is 9.36. The Balaban J connectivity index is 1.43. The van der Waals surface area contributed by atoms with Crippen LogP contribution in [0.5, 0.6) is 0 Å². The highest BCUT2D eigenvalue weighted by Crippen LogP contribution is 2.41. The molecule has 1 aliphatic carbocycles. The van der Waals surface area contributed by atoms with Crippen LogP contribution in [0, 0.1) is 17.6 Å². The molecule has 5 rings (SSSR count). The van der Waals surface area contributed by atoms with Crippen molar-refractivity contribution < 1.29 is 21.9 Å². The second-order valence-corrected chi connectivity index (χ2v) is 11.0. The summed E-state index contributed by atoms with van der Waals surface area (Å²) in [5, 5.41) is 2.96. The smallest absolute Gasteiger partial charge is 0.281 e. The lowest BCUT2D eigenvalue weighted by Crippen LogP contribution is -2.33. The molecular weight excluding hydrogens is 482 g/mol. The van der Waals surface area contributed by atoms with Gasteiger partial charge in [-0.1, -0.05) is 12.1 Å². The molecule has 0 radical (unpaired) electrons. The number of hydrogen-bond donors (Lipinski definition) is 1. The van der Waals surface area contributed by atoms with Crippen molar-refractivity contribution in [2.24, 2.45) is 10.3 Å². The van der Waals surface area contributed by atoms with E-state index in [4.69, 9.17) is 4.74 Å². The summed E-state index contributed by atoms with van der Waals surface area (Å²) in [6.45, 7) is 0.446. The first-order chi connectivity index (χ1) is 17.3. The Morgan fingerprint density at radius 3 is 2.14 bits per heavy atom. The minimum atomic E-state index is -3.82. The lowest BCUT2D eigenvalue weighted by molar-refractivity contribution is -0.00439. The number of nitrogens with zero attached hydrogens (tertiary/aromatic N) is 1. The minimum absolute atomic E-state index is 0.105. The van der Waals surface area contributed by atoms with E-state index in [1.54, 1.807) is 43.4 Å². The lowest BCUT2D eigenvalue weighted by atomic mass is 9.79. The van der Waals surface area contributed by atoms with Crippen molar-refractivity contribution >= 4 is 21.9 Å². The molecule has 1 N–H and O–H groups in total. The van der Waals surface area contributed by atoms with Gasteiger partial charge in [0.2, 0.25) is 0 Å². The molecular formula is C28H28F2N2O3S. The van der Waals surface area contributed by atoms with Crippen LogP contribution >= 0.6 is 0 Å². The standard InChI is InChI=1S/C28H28F2N2O3S/c1-31-23-6-8-24(9-7-23)36(33,34)32-17-18-12-13-35-27(14-18)28-25-10-4-21(29)15-19(25)2-3-20-16-22(30)5-11-26(20)28/h4-11,15-18,27-28,31H,2-3,12-14H2,1H3/t18?,27-/m1/s1. The second kappa shape index (κ2) is 10.1. The molecule has 1 heterocycles. The predicted molar refractivity (Wildman–Crippen MR) is 136 cm³/mol. The van der Waals surface area contributed by atoms with Gasteiger partial charge in [0.15, 0.2) is 0 Å². The highest BCUT2D eigenvalue weighted by atomic mass is 32.2. The third kappa shape index (κ3) is 5.06. The van der Waals surface area contributed by atoms with Gasteiger partial charge in [0, 0.05) is 31.5 Å². The molecule has 1 unspecified atom stereocenters. The van der Waals surface area contributed by atoms with Crippen molar-refractivity contribution in [1.29, 1.82) is 0 Å². The average Bonchev–Trinajstić information content (AvgIpc) is 3.04. The van der Waals surface area contributed by atoms with Crippen molar-refractivity contribution in [2.45, 2.75) is 42.6 Å². The maximum atomic E-state index is 14.1. The quantitative estimate of drug-likeness (QED) is 0.461. The van der Waals surface area contributed by atoms with Crippen LogP contribution in [0.3, 0.4) is 0 Å². The summed E-state index contributed by atoms with van der Waals surface area (Å²) < 4.78 is 63.9. The summed E-state index contributed by atoms with van der Waals surface area (Å²) in [6, 6.07) is 16.1. The molecule has 0 bridgehead atoms. The molecule has 0 spiro atoms. The summed E-state index contributed by atoms with van der Waals surface area (Å²) in [4.78, 5) is 0.136. The van der Waals surface area contributed by atoms with E-state index in [2.05, 4.69) is 9.71 Å². The van der Waals surface area contributed by atoms with Crippen LogP contribution in [0.1, 0.15) is 41.0 Å². The summed E-state index contributed by atoms with van der Waals surface area (Å²) in [5.74, 6) is -0.911. The SMILES string of the molecule is CNc1ccc(S(=O)(=O)N=CC2CCO[C@@H](C3c4ccc(F)cc4CCc4cc(F)ccc43)C2)cc1. The number of benzene rings is 3. The fourth-order valence-corrected chi connectivity index (χ4v) is 6.20. The molecule has 188 valence electrons. The molecule has 5 nitrogen and oxygen atoms in total. The molecule has 0 amide bonds. The third-order valence-electron chi connectivity index (χ3n) is 7.12. The van der Waals surface area contributed by atoms with E-state index in [0.717, 1.165) is 27.9 Å². The zero-order valence-corrected chi connectivity index (χ0v) is 20.8. The zero-order chi connectivity index (χ0) is 25.3. The van der Waals surface area contributed by atoms with Gasteiger partial charge in [-0.3, -0.25) is 0 Å². The summed E-state index contributed by atoms with van der Waals surface area (Å²) in [7, 11) is -2.06. The van der Waals surface area contributed by atoms with E-state index < -0.39 is 10.0 Å². The average molecular weight is 511 g/mol. The molecule has 8 heteroatoms. The van der Waals surface area contributed by atoms with Gasteiger partial charge in [-0.2, -0.15) is 12.8 Å². The van der Waals surface area contributed by atoms with Crippen molar-refractivity contribution in [1.82, 2.24) is 0 Å². The fourth-order valence-electron chi connectivity index (χ4n) is 5.27. The lowest BCUT2D eigenvalue weighted by Gasteiger charge is -2.35. The third-order valence-corrected chi connectivity index (χ3v) is 8.39. The van der Waals surface area contributed by atoms with E-state index in [9.17, 15) is 17.2 Å². The first-order valence-corrected chi connectivity index (χ1v) is 13.5. The van der Waals surface area contributed by atoms with Crippen molar-refractivity contribution in [2.75, 3.05) is 19.0 Å². The van der Waals surface area contributed by atoms with Gasteiger partial charge in [-0.15, -0.1) is 0 Å². The summed E-state index contributed by atoms with van der Waals surface area (Å²) >= 11 is 0. The molecule has 3 aromatic rings. The van der Waals surface area contributed by atoms with Gasteiger partial charge in [-0.25, -0.2) is 8.78 Å². The van der Waals surface area contributed by atoms with Gasteiger partial charge >= 0.3 is 0 Å². The minimum Gasteiger partial charge on any atom is -0.388 e. The molecule has 3 aromatic carbocycles. The van der Waals surface area contributed by atoms with Crippen LogP contribution in [-0.2, 0) is 27.6 Å². The largest absolute Gasteiger partial charge is 0.388 e. The van der Waals surface area contributed by atoms with Crippen molar-refractivity contribution in [3.63, 3.8) is 0 Å². The van der Waals surface area contributed by atoms with Crippen LogP contribution in [0.25, 0.3) is 0 Å². The highest BCUT2D eigenvalue weighted by Gasteiger charge is 2.35. The highest BCUT2D eigenvalue weighted by molar-refractivity contribution is 7.90. The van der Waals surface area contributed by atoms with Crippen molar-refractivity contribution in [3.05, 3.63) is 94.6 Å². The summed E-state index contributed by atoms with van der Waals surface area (Å²) in [5.41, 5.74) is 4.55. The van der Waals surface area contributed by atoms with E-state index in [0.29, 0.717) is 32.3 Å². The Morgan fingerprint density at radius 2 is 1.56 bits per heavy atom. The molecule has 2 atom stereocenters. The molecule has 2 aliphatic rings. The van der Waals surface area contributed by atoms with Crippen LogP contribution < -0.4 is 5.32 Å². The number of aryl methyl sites for hydroxylation is 2. The van der Waals surface area contributed by atoms with Crippen LogP contribution in [0.4, 0.5) is 14.5 Å². The molecule has 0 aromatic heterocycles. The Hall–Kier alpha value is -3.10. The molecule has 1 saturated heterocycles. The topological polar surface area (TPSA) is 67.8 Å². The fraction of sp³-hybridized carbons (Fsp3) is 0.321. The Labute approximate surface area is 210 Å². The Bertz CT molecular complexity index is 1340. The van der Waals surface area contributed by atoms with E-state index in [-0.39, 0.29) is 34.5 Å². The predicted octanol–water partition coefficient (Wildman–Crippen LogP) is 5.49. The number of anilines is 1. The normalized spacial score (nSPS) is 20.5. The van der Waals surface area contributed by atoms with E-state index in [1.165, 1.54) is 30.5 Å². The number of halogens is 2. The number of hydrogen-bond acceptors (Lipinski definition) is 4. The van der Waals surface area contributed by atoms with Gasteiger partial charge in [0.05, 0.1) is 11.0 Å². The number of sulfonamides is 1. The Morgan fingerprint density at radius 1 is 0.944 bits per heavy atom. The first-order valence-electron chi connectivity index (χ1n) is 12.1. The maximum absolute atomic E-state index is 14.1. The van der Waals surface area contributed by atoms with Gasteiger partial charge in [0.1, 0.15) is 11.6 Å². The number of rotatable bonds is 5. The van der Waals surface area contributed by atoms with E-state index >= 15 is 0 Å². The molecule has 1 aliphatic heterocycles. The van der Waals surface area contributed by atoms with E-state index in [1.807, 2.05) is 0 Å². The van der Waals surface area contributed by atoms with Crippen LogP contribution in [0.2, 0.25) is 0 Å². The molecule has 0 saturated carbocycles. The van der Waals surface area contributed by atoms with Gasteiger partial charge in [-0.05, 0) is 102 Å². The number of fused-ring (bicyclic) bond motifs is 2. The molecule has 36 heavy (non-hydrogen) atoms. The first kappa shape index (κ1) is 24.6. The zero-order valence-electron chi connectivity index (χ0n) is 20.0. The van der Waals surface area contributed by atoms with Crippen LogP contribution in [-0.4, -0.2) is 34.4 Å². The Kier molecular flexibility index (Phi) is 6.90. The van der Waals surface area contributed by atoms with Crippen LogP contribution in [0.15, 0.2) is 70.0 Å². The van der Waals surface area contributed by atoms with Gasteiger partial charge < -0.3 is 10.1 Å². The monoisotopic (exact) mass is 510 g/mol. The maximum Gasteiger partial charge on any atom is 0.281 e. The van der Waals surface area contributed by atoms with Gasteiger partial charge in [0.25, 0.3) is 10.0 Å². The summed E-state index contributed by atoms with van der Waals surface area (Å²) in [6.07, 6.45) is 3.66. The molecule has 1 fully saturated rings. The number of ether oxygens (including phenoxy) is 1. The number of nitrogens with one attached hydrogen (secondary N) is 1.